The van der Waals surface area contributed by atoms with Gasteiger partial charge in [0.05, 0.1) is 47.4 Å². The average molecular weight is 518 g/mol. The second kappa shape index (κ2) is 8.77. The summed E-state index contributed by atoms with van der Waals surface area (Å²) in [7, 11) is 1.61. The second-order valence-electron chi connectivity index (χ2n) is 9.56. The van der Waals surface area contributed by atoms with Gasteiger partial charge in [-0.2, -0.15) is 0 Å². The van der Waals surface area contributed by atoms with Crippen molar-refractivity contribution in [2.24, 2.45) is 13.0 Å². The number of benzene rings is 1. The number of aromatic nitrogens is 2. The van der Waals surface area contributed by atoms with Gasteiger partial charge in [0.15, 0.2) is 6.61 Å². The first-order valence-electron chi connectivity index (χ1n) is 12.0. The van der Waals surface area contributed by atoms with Crippen LogP contribution in [-0.4, -0.2) is 54.4 Å². The summed E-state index contributed by atoms with van der Waals surface area (Å²) in [6, 6.07) is 6.22. The number of nitrogens with zero attached hydrogens (tertiary/aromatic N) is 3. The molecule has 3 aliphatic rings. The van der Waals surface area contributed by atoms with Crippen LogP contribution >= 0.6 is 11.6 Å². The number of alkyl halides is 2. The highest BCUT2D eigenvalue weighted by Gasteiger charge is 2.51. The van der Waals surface area contributed by atoms with E-state index in [0.29, 0.717) is 46.2 Å². The van der Waals surface area contributed by atoms with Crippen molar-refractivity contribution in [3.05, 3.63) is 45.8 Å². The normalized spacial score (nSPS) is 21.3. The number of pyridine rings is 2. The molecule has 36 heavy (non-hydrogen) atoms. The van der Waals surface area contributed by atoms with Crippen molar-refractivity contribution in [1.29, 1.82) is 0 Å². The lowest BCUT2D eigenvalue weighted by molar-refractivity contribution is -0.0579. The molecule has 1 aliphatic carbocycles. The number of ether oxygens (including phenoxy) is 2. The van der Waals surface area contributed by atoms with Crippen molar-refractivity contribution in [2.75, 3.05) is 48.4 Å². The number of hydrogen-bond donors (Lipinski definition) is 2. The standard InChI is InChI=1S/C25H26ClF2N5O3/c1-32-19-5-4-15(30-18-11-20(29-12-17(18)26)33-6-8-35-9-7-33)10-16(19)21-22(24(32)34)36-13-25(27,28)23(31-21)14-2-3-14/h4-5,10-12,14,23,31H,2-3,6-9,13H2,1H3,(H,29,30)/t23-/m0/s1. The molecule has 0 amide bonds. The second-order valence-corrected chi connectivity index (χ2v) is 9.96. The highest BCUT2D eigenvalue weighted by Crippen LogP contribution is 2.45. The van der Waals surface area contributed by atoms with Gasteiger partial charge in [0.1, 0.15) is 5.82 Å². The molecule has 0 radical (unpaired) electrons. The number of nitrogens with one attached hydrogen (secondary N) is 2. The van der Waals surface area contributed by atoms with Crippen LogP contribution in [0, 0.1) is 5.92 Å². The van der Waals surface area contributed by atoms with Gasteiger partial charge in [-0.15, -0.1) is 0 Å². The van der Waals surface area contributed by atoms with E-state index < -0.39 is 24.1 Å². The highest BCUT2D eigenvalue weighted by atomic mass is 35.5. The molecule has 1 saturated heterocycles. The molecule has 4 heterocycles. The summed E-state index contributed by atoms with van der Waals surface area (Å²) in [4.78, 5) is 19.6. The molecule has 6 rings (SSSR count). The predicted molar refractivity (Wildman–Crippen MR) is 135 cm³/mol. The topological polar surface area (TPSA) is 80.7 Å². The molecule has 190 valence electrons. The lowest BCUT2D eigenvalue weighted by Gasteiger charge is -2.28. The zero-order valence-corrected chi connectivity index (χ0v) is 20.4. The van der Waals surface area contributed by atoms with Gasteiger partial charge in [0, 0.05) is 37.3 Å². The minimum atomic E-state index is -3.09. The molecule has 2 fully saturated rings. The number of fused-ring (bicyclic) bond motifs is 3. The quantitative estimate of drug-likeness (QED) is 0.531. The fraction of sp³-hybridized carbons (Fsp3) is 0.440. The van der Waals surface area contributed by atoms with Crippen LogP contribution in [0.2, 0.25) is 5.02 Å². The lowest BCUT2D eigenvalue weighted by atomic mass is 10.0. The molecule has 1 saturated carbocycles. The molecule has 1 aromatic carbocycles. The Hall–Kier alpha value is -3.11. The molecule has 11 heteroatoms. The third kappa shape index (κ3) is 4.12. The summed E-state index contributed by atoms with van der Waals surface area (Å²) < 4.78 is 42.0. The van der Waals surface area contributed by atoms with Gasteiger partial charge in [0.25, 0.3) is 5.56 Å². The number of anilines is 4. The fourth-order valence-electron chi connectivity index (χ4n) is 4.93. The van der Waals surface area contributed by atoms with Crippen molar-refractivity contribution in [2.45, 2.75) is 24.8 Å². The molecular weight excluding hydrogens is 492 g/mol. The Balaban J connectivity index is 1.40. The first-order chi connectivity index (χ1) is 17.3. The van der Waals surface area contributed by atoms with Crippen LogP contribution in [0.25, 0.3) is 10.9 Å². The molecule has 2 aromatic heterocycles. The predicted octanol–water partition coefficient (Wildman–Crippen LogP) is 4.39. The molecule has 0 unspecified atom stereocenters. The van der Waals surface area contributed by atoms with Crippen LogP contribution < -0.4 is 25.8 Å². The van der Waals surface area contributed by atoms with Crippen molar-refractivity contribution < 1.29 is 18.3 Å². The minimum Gasteiger partial charge on any atom is -0.480 e. The summed E-state index contributed by atoms with van der Waals surface area (Å²) >= 11 is 6.45. The van der Waals surface area contributed by atoms with Crippen molar-refractivity contribution in [3.8, 4) is 5.75 Å². The van der Waals surface area contributed by atoms with E-state index in [1.807, 2.05) is 18.2 Å². The number of hydrogen-bond acceptors (Lipinski definition) is 7. The molecule has 0 spiro atoms. The first kappa shape index (κ1) is 23.3. The third-order valence-electron chi connectivity index (χ3n) is 7.07. The molecule has 2 N–H and O–H groups in total. The SMILES string of the molecule is Cn1c(=O)c2c(c3cc(Nc4cc(N5CCOCC5)ncc4Cl)ccc31)N[C@@H](C1CC1)C(F)(F)CO2. The summed E-state index contributed by atoms with van der Waals surface area (Å²) in [6.45, 7) is 1.92. The lowest BCUT2D eigenvalue weighted by Crippen LogP contribution is -2.44. The van der Waals surface area contributed by atoms with E-state index in [-0.39, 0.29) is 11.7 Å². The largest absolute Gasteiger partial charge is 0.480 e. The zero-order valence-electron chi connectivity index (χ0n) is 19.7. The Morgan fingerprint density at radius 3 is 2.75 bits per heavy atom. The first-order valence-corrected chi connectivity index (χ1v) is 12.4. The van der Waals surface area contributed by atoms with Crippen LogP contribution in [0.1, 0.15) is 12.8 Å². The minimum absolute atomic E-state index is 0.0819. The summed E-state index contributed by atoms with van der Waals surface area (Å²) in [5.74, 6) is -2.54. The average Bonchev–Trinajstić information content (AvgIpc) is 3.72. The highest BCUT2D eigenvalue weighted by molar-refractivity contribution is 6.33. The molecule has 3 aromatic rings. The Labute approximate surface area is 211 Å². The van der Waals surface area contributed by atoms with E-state index in [2.05, 4.69) is 20.5 Å². The number of halogens is 3. The Kier molecular flexibility index (Phi) is 5.68. The van der Waals surface area contributed by atoms with Crippen LogP contribution in [0.3, 0.4) is 0 Å². The molecular formula is C25H26ClF2N5O3. The molecule has 1 atom stereocenters. The van der Waals surface area contributed by atoms with Gasteiger partial charge < -0.3 is 29.6 Å². The molecule has 8 nitrogen and oxygen atoms in total. The van der Waals surface area contributed by atoms with Crippen LogP contribution in [-0.2, 0) is 11.8 Å². The van der Waals surface area contributed by atoms with Crippen molar-refractivity contribution >= 4 is 45.4 Å². The smallest absolute Gasteiger partial charge is 0.301 e. The van der Waals surface area contributed by atoms with Gasteiger partial charge in [-0.3, -0.25) is 4.79 Å². The van der Waals surface area contributed by atoms with E-state index in [0.717, 1.165) is 31.7 Å². The zero-order chi connectivity index (χ0) is 25.0. The number of aryl methyl sites for hydroxylation is 1. The van der Waals surface area contributed by atoms with E-state index in [1.54, 1.807) is 19.3 Å². The van der Waals surface area contributed by atoms with Gasteiger partial charge >= 0.3 is 5.92 Å². The maximum Gasteiger partial charge on any atom is 0.301 e. The Morgan fingerprint density at radius 1 is 1.22 bits per heavy atom. The van der Waals surface area contributed by atoms with Crippen LogP contribution in [0.4, 0.5) is 31.7 Å². The summed E-state index contributed by atoms with van der Waals surface area (Å²) in [6.07, 6.45) is 3.05. The van der Waals surface area contributed by atoms with Gasteiger partial charge in [-0.05, 0) is 37.0 Å². The van der Waals surface area contributed by atoms with E-state index in [4.69, 9.17) is 21.1 Å². The summed E-state index contributed by atoms with van der Waals surface area (Å²) in [5, 5.41) is 7.39. The third-order valence-corrected chi connectivity index (χ3v) is 7.37. The maximum absolute atomic E-state index is 14.9. The van der Waals surface area contributed by atoms with Gasteiger partial charge in [-0.1, -0.05) is 11.6 Å². The van der Waals surface area contributed by atoms with E-state index >= 15 is 0 Å². The Morgan fingerprint density at radius 2 is 2.00 bits per heavy atom. The van der Waals surface area contributed by atoms with E-state index in [1.165, 1.54) is 4.57 Å². The molecule has 0 bridgehead atoms. The number of morpholine rings is 1. The maximum atomic E-state index is 14.9. The van der Waals surface area contributed by atoms with Gasteiger partial charge in [0.2, 0.25) is 5.75 Å². The van der Waals surface area contributed by atoms with E-state index in [9.17, 15) is 13.6 Å². The van der Waals surface area contributed by atoms with Crippen molar-refractivity contribution in [1.82, 2.24) is 9.55 Å². The van der Waals surface area contributed by atoms with Gasteiger partial charge in [-0.25, -0.2) is 13.8 Å². The molecule has 2 aliphatic heterocycles. The summed E-state index contributed by atoms with van der Waals surface area (Å²) in [5.41, 5.74) is 1.81. The number of rotatable bonds is 4. The Bertz CT molecular complexity index is 1390. The fourth-order valence-corrected chi connectivity index (χ4v) is 5.08. The van der Waals surface area contributed by atoms with Crippen LogP contribution in [0.15, 0.2) is 35.3 Å². The van der Waals surface area contributed by atoms with Crippen molar-refractivity contribution in [3.63, 3.8) is 0 Å². The van der Waals surface area contributed by atoms with Crippen LogP contribution in [0.5, 0.6) is 5.75 Å². The monoisotopic (exact) mass is 517 g/mol.